The van der Waals surface area contributed by atoms with Gasteiger partial charge in [-0.3, -0.25) is 4.79 Å². The standard InChI is InChI=1S/C17H17ClF3N3O/c18-13-4-2-6-15(8-13)24-10-11(9-22-24)16(25)23-14-5-1-3-12(7-14)17(19,20)21/h2,4,6,8-10,12,14H,1,3,5,7H2,(H,23,25). The van der Waals surface area contributed by atoms with E-state index >= 15 is 0 Å². The van der Waals surface area contributed by atoms with Crippen LogP contribution in [-0.2, 0) is 0 Å². The Bertz CT molecular complexity index is 760. The summed E-state index contributed by atoms with van der Waals surface area (Å²) in [6.07, 6.45) is -0.218. The van der Waals surface area contributed by atoms with E-state index in [-0.39, 0.29) is 12.8 Å². The van der Waals surface area contributed by atoms with E-state index in [1.807, 2.05) is 0 Å². The highest BCUT2D eigenvalue weighted by molar-refractivity contribution is 6.30. The highest BCUT2D eigenvalue weighted by atomic mass is 35.5. The zero-order chi connectivity index (χ0) is 18.0. The van der Waals surface area contributed by atoms with Crippen LogP contribution < -0.4 is 5.32 Å². The maximum Gasteiger partial charge on any atom is 0.391 e. The second-order valence-corrected chi connectivity index (χ2v) is 6.67. The molecule has 1 fully saturated rings. The molecule has 1 amide bonds. The van der Waals surface area contributed by atoms with E-state index in [2.05, 4.69) is 10.4 Å². The first-order valence-electron chi connectivity index (χ1n) is 8.01. The zero-order valence-corrected chi connectivity index (χ0v) is 14.0. The van der Waals surface area contributed by atoms with E-state index in [1.165, 1.54) is 17.1 Å². The molecule has 2 unspecified atom stereocenters. The van der Waals surface area contributed by atoms with Crippen LogP contribution in [0.25, 0.3) is 5.69 Å². The summed E-state index contributed by atoms with van der Waals surface area (Å²) in [5.41, 5.74) is 0.996. The molecule has 4 nitrogen and oxygen atoms in total. The third kappa shape index (κ3) is 4.34. The van der Waals surface area contributed by atoms with Crippen LogP contribution in [-0.4, -0.2) is 27.9 Å². The summed E-state index contributed by atoms with van der Waals surface area (Å²) in [5.74, 6) is -1.76. The summed E-state index contributed by atoms with van der Waals surface area (Å²) >= 11 is 5.93. The van der Waals surface area contributed by atoms with Gasteiger partial charge in [-0.2, -0.15) is 18.3 Å². The second-order valence-electron chi connectivity index (χ2n) is 6.23. The molecule has 0 saturated heterocycles. The van der Waals surface area contributed by atoms with Gasteiger partial charge in [0, 0.05) is 17.3 Å². The van der Waals surface area contributed by atoms with Crippen LogP contribution in [0.5, 0.6) is 0 Å². The van der Waals surface area contributed by atoms with Gasteiger partial charge in [-0.05, 0) is 37.5 Å². The van der Waals surface area contributed by atoms with Crippen molar-refractivity contribution < 1.29 is 18.0 Å². The number of carbonyl (C=O) groups excluding carboxylic acids is 1. The van der Waals surface area contributed by atoms with Crippen molar-refractivity contribution in [2.45, 2.75) is 37.9 Å². The maximum atomic E-state index is 12.9. The average molecular weight is 372 g/mol. The molecule has 1 aromatic heterocycles. The predicted molar refractivity (Wildman–Crippen MR) is 87.8 cm³/mol. The topological polar surface area (TPSA) is 46.9 Å². The summed E-state index contributed by atoms with van der Waals surface area (Å²) in [4.78, 5) is 12.3. The molecule has 1 aromatic carbocycles. The minimum absolute atomic E-state index is 0.0718. The van der Waals surface area contributed by atoms with Crippen molar-refractivity contribution in [3.8, 4) is 5.69 Å². The number of benzene rings is 1. The largest absolute Gasteiger partial charge is 0.391 e. The number of alkyl halides is 3. The van der Waals surface area contributed by atoms with Crippen LogP contribution in [0.3, 0.4) is 0 Å². The number of carbonyl (C=O) groups is 1. The van der Waals surface area contributed by atoms with Crippen LogP contribution in [0.1, 0.15) is 36.0 Å². The normalized spacial score (nSPS) is 21.1. The Morgan fingerprint density at radius 1 is 1.32 bits per heavy atom. The fourth-order valence-corrected chi connectivity index (χ4v) is 3.27. The van der Waals surface area contributed by atoms with Gasteiger partial charge in [0.15, 0.2) is 0 Å². The Kier molecular flexibility index (Phi) is 5.03. The maximum absolute atomic E-state index is 12.9. The fourth-order valence-electron chi connectivity index (χ4n) is 3.09. The highest BCUT2D eigenvalue weighted by Crippen LogP contribution is 2.37. The lowest BCUT2D eigenvalue weighted by atomic mass is 9.85. The minimum atomic E-state index is -4.21. The summed E-state index contributed by atoms with van der Waals surface area (Å²) < 4.78 is 40.1. The van der Waals surface area contributed by atoms with E-state index in [9.17, 15) is 18.0 Å². The van der Waals surface area contributed by atoms with Gasteiger partial charge < -0.3 is 5.32 Å². The van der Waals surface area contributed by atoms with Gasteiger partial charge >= 0.3 is 6.18 Å². The molecule has 2 aromatic rings. The number of hydrogen-bond acceptors (Lipinski definition) is 2. The van der Waals surface area contributed by atoms with Gasteiger partial charge in [0.05, 0.1) is 23.4 Å². The van der Waals surface area contributed by atoms with E-state index < -0.39 is 24.0 Å². The van der Waals surface area contributed by atoms with E-state index in [0.29, 0.717) is 29.1 Å². The van der Waals surface area contributed by atoms with Gasteiger partial charge in [-0.1, -0.05) is 24.1 Å². The summed E-state index contributed by atoms with van der Waals surface area (Å²) in [6.45, 7) is 0. The first-order valence-corrected chi connectivity index (χ1v) is 8.39. The lowest BCUT2D eigenvalue weighted by Crippen LogP contribution is -2.41. The molecule has 0 spiro atoms. The molecule has 1 aliphatic rings. The van der Waals surface area contributed by atoms with Crippen molar-refractivity contribution in [3.05, 3.63) is 47.2 Å². The van der Waals surface area contributed by atoms with Crippen molar-refractivity contribution in [1.82, 2.24) is 15.1 Å². The smallest absolute Gasteiger partial charge is 0.349 e. The van der Waals surface area contributed by atoms with Gasteiger partial charge in [0.25, 0.3) is 5.91 Å². The lowest BCUT2D eigenvalue weighted by molar-refractivity contribution is -0.183. The Labute approximate surface area is 148 Å². The number of nitrogens with zero attached hydrogens (tertiary/aromatic N) is 2. The monoisotopic (exact) mass is 371 g/mol. The number of halogens is 4. The van der Waals surface area contributed by atoms with Crippen LogP contribution in [0.4, 0.5) is 13.2 Å². The lowest BCUT2D eigenvalue weighted by Gasteiger charge is -2.30. The van der Waals surface area contributed by atoms with Crippen molar-refractivity contribution in [2.24, 2.45) is 5.92 Å². The third-order valence-corrected chi connectivity index (χ3v) is 4.62. The molecular formula is C17H17ClF3N3O. The average Bonchev–Trinajstić information content (AvgIpc) is 3.04. The van der Waals surface area contributed by atoms with Crippen LogP contribution in [0.15, 0.2) is 36.7 Å². The van der Waals surface area contributed by atoms with Gasteiger partial charge in [-0.25, -0.2) is 4.68 Å². The Balaban J connectivity index is 1.66. The van der Waals surface area contributed by atoms with Crippen molar-refractivity contribution in [3.63, 3.8) is 0 Å². The summed E-state index contributed by atoms with van der Waals surface area (Å²) in [7, 11) is 0. The number of rotatable bonds is 3. The van der Waals surface area contributed by atoms with Crippen molar-refractivity contribution in [1.29, 1.82) is 0 Å². The molecule has 0 aliphatic heterocycles. The molecule has 1 aliphatic carbocycles. The Hall–Kier alpha value is -2.02. The van der Waals surface area contributed by atoms with E-state index in [4.69, 9.17) is 11.6 Å². The molecule has 0 bridgehead atoms. The first kappa shape index (κ1) is 17.8. The number of amides is 1. The molecular weight excluding hydrogens is 355 g/mol. The zero-order valence-electron chi connectivity index (χ0n) is 13.3. The molecule has 0 radical (unpaired) electrons. The number of nitrogens with one attached hydrogen (secondary N) is 1. The highest BCUT2D eigenvalue weighted by Gasteiger charge is 2.42. The molecule has 8 heteroatoms. The van der Waals surface area contributed by atoms with Crippen molar-refractivity contribution >= 4 is 17.5 Å². The van der Waals surface area contributed by atoms with Crippen LogP contribution in [0.2, 0.25) is 5.02 Å². The number of aromatic nitrogens is 2. The molecule has 2 atom stereocenters. The SMILES string of the molecule is O=C(NC1CCCC(C(F)(F)F)C1)c1cnn(-c2cccc(Cl)c2)c1. The third-order valence-electron chi connectivity index (χ3n) is 4.39. The van der Waals surface area contributed by atoms with Crippen LogP contribution in [0, 0.1) is 5.92 Å². The van der Waals surface area contributed by atoms with Crippen LogP contribution >= 0.6 is 11.6 Å². The van der Waals surface area contributed by atoms with Gasteiger partial charge in [-0.15, -0.1) is 0 Å². The van der Waals surface area contributed by atoms with E-state index in [0.717, 1.165) is 0 Å². The van der Waals surface area contributed by atoms with Gasteiger partial charge in [0.1, 0.15) is 0 Å². The minimum Gasteiger partial charge on any atom is -0.349 e. The Morgan fingerprint density at radius 3 is 2.84 bits per heavy atom. The Morgan fingerprint density at radius 2 is 2.12 bits per heavy atom. The summed E-state index contributed by atoms with van der Waals surface area (Å²) in [5, 5.41) is 7.35. The van der Waals surface area contributed by atoms with Crippen molar-refractivity contribution in [2.75, 3.05) is 0 Å². The predicted octanol–water partition coefficient (Wildman–Crippen LogP) is 4.38. The molecule has 3 rings (SSSR count). The fraction of sp³-hybridized carbons (Fsp3) is 0.412. The van der Waals surface area contributed by atoms with Gasteiger partial charge in [0.2, 0.25) is 0 Å². The number of hydrogen-bond donors (Lipinski definition) is 1. The molecule has 1 heterocycles. The van der Waals surface area contributed by atoms with E-state index in [1.54, 1.807) is 24.3 Å². The molecule has 25 heavy (non-hydrogen) atoms. The molecule has 1 saturated carbocycles. The first-order chi connectivity index (χ1) is 11.8. The molecule has 134 valence electrons. The quantitative estimate of drug-likeness (QED) is 0.870. The second kappa shape index (κ2) is 7.07. The summed E-state index contributed by atoms with van der Waals surface area (Å²) in [6, 6.07) is 6.50. The molecule has 1 N–H and O–H groups in total.